The summed E-state index contributed by atoms with van der Waals surface area (Å²) in [7, 11) is 0. The Labute approximate surface area is 275 Å². The molecule has 47 heavy (non-hydrogen) atoms. The number of nitrogens with zero attached hydrogens (tertiary/aromatic N) is 3. The number of carbonyl (C=O) groups excluding carboxylic acids is 1. The number of rotatable bonds is 10. The van der Waals surface area contributed by atoms with Crippen molar-refractivity contribution in [2.75, 3.05) is 13.2 Å². The standard InChI is InChI=1S/C38H31N3O5S/c1-3-44-31-21-27(19-20-30(31)46-24-26-17-15-25(23-39)16-18-26)22-32-36(42)41-35(29-13-9-6-10-14-29)33(37(43)45-4-2)34(40-38(41)47-32)28-11-7-5-8-12-28/h5-22,35H,3-4,24H2,1-2H3/b32-22-/t35-/m0/s1. The molecule has 0 aliphatic carbocycles. The Morgan fingerprint density at radius 3 is 2.32 bits per heavy atom. The number of ether oxygens (including phenoxy) is 3. The number of hydrogen-bond acceptors (Lipinski definition) is 8. The van der Waals surface area contributed by atoms with Gasteiger partial charge in [0.15, 0.2) is 16.3 Å². The fraction of sp³-hybridized carbons (Fsp3) is 0.158. The van der Waals surface area contributed by atoms with Crippen molar-refractivity contribution in [3.8, 4) is 17.6 Å². The largest absolute Gasteiger partial charge is 0.490 e. The first-order chi connectivity index (χ1) is 23.0. The zero-order valence-electron chi connectivity index (χ0n) is 25.9. The summed E-state index contributed by atoms with van der Waals surface area (Å²) in [6.45, 7) is 4.56. The van der Waals surface area contributed by atoms with Crippen molar-refractivity contribution in [3.05, 3.63) is 156 Å². The number of thiazole rings is 1. The fourth-order valence-electron chi connectivity index (χ4n) is 5.38. The summed E-state index contributed by atoms with van der Waals surface area (Å²) in [4.78, 5) is 33.2. The van der Waals surface area contributed by atoms with Gasteiger partial charge in [-0.25, -0.2) is 9.79 Å². The number of benzene rings is 4. The van der Waals surface area contributed by atoms with Crippen LogP contribution in [0.5, 0.6) is 11.5 Å². The normalized spacial score (nSPS) is 14.1. The van der Waals surface area contributed by atoms with E-state index in [9.17, 15) is 9.59 Å². The van der Waals surface area contributed by atoms with Gasteiger partial charge in [0.05, 0.1) is 46.7 Å². The van der Waals surface area contributed by atoms with Crippen LogP contribution in [0.4, 0.5) is 0 Å². The second-order valence-corrected chi connectivity index (χ2v) is 11.6. The van der Waals surface area contributed by atoms with Gasteiger partial charge in [0, 0.05) is 5.56 Å². The molecule has 0 unspecified atom stereocenters. The highest BCUT2D eigenvalue weighted by molar-refractivity contribution is 7.07. The van der Waals surface area contributed by atoms with Crippen LogP contribution in [-0.2, 0) is 16.1 Å². The molecule has 0 spiro atoms. The first kappa shape index (κ1) is 31.3. The molecule has 6 rings (SSSR count). The molecule has 0 saturated carbocycles. The van der Waals surface area contributed by atoms with Crippen LogP contribution in [0.2, 0.25) is 0 Å². The van der Waals surface area contributed by atoms with E-state index >= 15 is 0 Å². The predicted octanol–water partition coefficient (Wildman–Crippen LogP) is 5.78. The molecule has 0 radical (unpaired) electrons. The molecular weight excluding hydrogens is 611 g/mol. The lowest BCUT2D eigenvalue weighted by Gasteiger charge is -2.25. The zero-order chi connectivity index (χ0) is 32.8. The Hall–Kier alpha value is -5.72. The third kappa shape index (κ3) is 6.64. The summed E-state index contributed by atoms with van der Waals surface area (Å²) in [5.41, 5.74) is 4.30. The van der Waals surface area contributed by atoms with E-state index in [1.807, 2.05) is 97.9 Å². The SMILES string of the molecule is CCOC(=O)C1=C(c2ccccc2)N=c2s/c(=C\c3ccc(OCc4ccc(C#N)cc4)c(OCC)c3)c(=O)n2[C@H]1c1ccccc1. The van der Waals surface area contributed by atoms with Gasteiger partial charge in [-0.3, -0.25) is 9.36 Å². The lowest BCUT2D eigenvalue weighted by molar-refractivity contribution is -0.138. The molecule has 1 aromatic heterocycles. The van der Waals surface area contributed by atoms with Gasteiger partial charge >= 0.3 is 5.97 Å². The molecule has 0 N–H and O–H groups in total. The molecule has 8 nitrogen and oxygen atoms in total. The van der Waals surface area contributed by atoms with Gasteiger partial charge in [-0.1, -0.05) is 90.2 Å². The summed E-state index contributed by atoms with van der Waals surface area (Å²) in [6, 6.07) is 33.1. The van der Waals surface area contributed by atoms with E-state index < -0.39 is 12.0 Å². The summed E-state index contributed by atoms with van der Waals surface area (Å²) in [5.74, 6) is 0.586. The van der Waals surface area contributed by atoms with Crippen molar-refractivity contribution in [1.82, 2.24) is 4.57 Å². The van der Waals surface area contributed by atoms with Crippen molar-refractivity contribution in [2.24, 2.45) is 4.99 Å². The second kappa shape index (κ2) is 14.1. The van der Waals surface area contributed by atoms with E-state index in [-0.39, 0.29) is 12.2 Å². The Morgan fingerprint density at radius 2 is 1.64 bits per heavy atom. The smallest absolute Gasteiger partial charge is 0.338 e. The quantitative estimate of drug-likeness (QED) is 0.179. The van der Waals surface area contributed by atoms with Crippen LogP contribution < -0.4 is 24.4 Å². The highest BCUT2D eigenvalue weighted by Gasteiger charge is 2.35. The molecule has 1 aliphatic rings. The predicted molar refractivity (Wildman–Crippen MR) is 181 cm³/mol. The van der Waals surface area contributed by atoms with Crippen LogP contribution in [0.15, 0.2) is 118 Å². The molecule has 0 fully saturated rings. The van der Waals surface area contributed by atoms with Crippen molar-refractivity contribution >= 4 is 29.1 Å². The van der Waals surface area contributed by atoms with Crippen LogP contribution >= 0.6 is 11.3 Å². The van der Waals surface area contributed by atoms with E-state index in [0.717, 1.165) is 22.3 Å². The molecule has 1 aliphatic heterocycles. The summed E-state index contributed by atoms with van der Waals surface area (Å²) >= 11 is 1.26. The third-order valence-corrected chi connectivity index (χ3v) is 8.51. The topological polar surface area (TPSA) is 103 Å². The Bertz CT molecular complexity index is 2160. The molecule has 0 bridgehead atoms. The van der Waals surface area contributed by atoms with Gasteiger partial charge in [0.1, 0.15) is 6.61 Å². The Kier molecular flexibility index (Phi) is 9.41. The molecule has 5 aromatic rings. The van der Waals surface area contributed by atoms with Crippen LogP contribution in [-0.4, -0.2) is 23.8 Å². The number of fused-ring (bicyclic) bond motifs is 1. The van der Waals surface area contributed by atoms with Crippen molar-refractivity contribution in [3.63, 3.8) is 0 Å². The maximum atomic E-state index is 14.2. The van der Waals surface area contributed by atoms with Crippen LogP contribution in [0.25, 0.3) is 11.8 Å². The molecular formula is C38H31N3O5S. The second-order valence-electron chi connectivity index (χ2n) is 10.6. The van der Waals surface area contributed by atoms with Crippen LogP contribution in [0, 0.1) is 11.3 Å². The van der Waals surface area contributed by atoms with E-state index in [4.69, 9.17) is 24.5 Å². The van der Waals surface area contributed by atoms with Crippen molar-refractivity contribution in [2.45, 2.75) is 26.5 Å². The number of carbonyl (C=O) groups is 1. The van der Waals surface area contributed by atoms with Gasteiger partial charge in [0.2, 0.25) is 0 Å². The number of hydrogen-bond donors (Lipinski definition) is 0. The highest BCUT2D eigenvalue weighted by atomic mass is 32.1. The van der Waals surface area contributed by atoms with E-state index in [1.54, 1.807) is 29.7 Å². The monoisotopic (exact) mass is 641 g/mol. The molecule has 9 heteroatoms. The molecule has 0 saturated heterocycles. The Balaban J connectivity index is 1.44. The zero-order valence-corrected chi connectivity index (χ0v) is 26.7. The van der Waals surface area contributed by atoms with Gasteiger partial charge in [-0.05, 0) is 60.9 Å². The average molecular weight is 642 g/mol. The van der Waals surface area contributed by atoms with Gasteiger partial charge < -0.3 is 14.2 Å². The van der Waals surface area contributed by atoms with Crippen LogP contribution in [0.1, 0.15) is 47.7 Å². The lowest BCUT2D eigenvalue weighted by Crippen LogP contribution is -2.39. The first-order valence-corrected chi connectivity index (χ1v) is 16.0. The molecule has 234 valence electrons. The van der Waals surface area contributed by atoms with Crippen molar-refractivity contribution in [1.29, 1.82) is 5.26 Å². The van der Waals surface area contributed by atoms with Crippen LogP contribution in [0.3, 0.4) is 0 Å². The van der Waals surface area contributed by atoms with E-state index in [2.05, 4.69) is 6.07 Å². The fourth-order valence-corrected chi connectivity index (χ4v) is 6.38. The lowest BCUT2D eigenvalue weighted by atomic mass is 9.93. The highest BCUT2D eigenvalue weighted by Crippen LogP contribution is 2.35. The first-order valence-electron chi connectivity index (χ1n) is 15.2. The minimum absolute atomic E-state index is 0.186. The minimum atomic E-state index is -0.735. The molecule has 2 heterocycles. The van der Waals surface area contributed by atoms with E-state index in [0.29, 0.717) is 50.9 Å². The van der Waals surface area contributed by atoms with E-state index in [1.165, 1.54) is 11.3 Å². The number of aromatic nitrogens is 1. The molecule has 1 atom stereocenters. The summed E-state index contributed by atoms with van der Waals surface area (Å²) in [5, 5.41) is 9.06. The average Bonchev–Trinajstić information content (AvgIpc) is 3.42. The summed E-state index contributed by atoms with van der Waals surface area (Å²) < 4.78 is 19.5. The maximum Gasteiger partial charge on any atom is 0.338 e. The Morgan fingerprint density at radius 1 is 0.915 bits per heavy atom. The number of nitriles is 1. The van der Waals surface area contributed by atoms with Gasteiger partial charge in [-0.2, -0.15) is 5.26 Å². The summed E-state index contributed by atoms with van der Waals surface area (Å²) in [6.07, 6.45) is 1.80. The molecule has 0 amide bonds. The molecule has 4 aromatic carbocycles. The van der Waals surface area contributed by atoms with Gasteiger partial charge in [0.25, 0.3) is 5.56 Å². The minimum Gasteiger partial charge on any atom is -0.490 e. The van der Waals surface area contributed by atoms with Crippen molar-refractivity contribution < 1.29 is 19.0 Å². The third-order valence-electron chi connectivity index (χ3n) is 7.53. The van der Waals surface area contributed by atoms with Gasteiger partial charge in [-0.15, -0.1) is 0 Å². The maximum absolute atomic E-state index is 14.2. The number of esters is 1.